The maximum Gasteiger partial charge on any atom is 0.472 e. The van der Waals surface area contributed by atoms with Gasteiger partial charge in [-0.15, -0.1) is 0 Å². The van der Waals surface area contributed by atoms with Crippen LogP contribution >= 0.6 is 7.82 Å². The Morgan fingerprint density at radius 3 is 1.49 bits per heavy atom. The van der Waals surface area contributed by atoms with Gasteiger partial charge in [0.05, 0.1) is 13.2 Å². The van der Waals surface area contributed by atoms with Gasteiger partial charge in [-0.3, -0.25) is 18.6 Å². The summed E-state index contributed by atoms with van der Waals surface area (Å²) in [4.78, 5) is 34.8. The number of rotatable bonds is 39. The molecule has 0 amide bonds. The molecule has 0 aliphatic rings. The fraction of sp³-hybridized carbons (Fsp3) is 0.689. The fourth-order valence-electron chi connectivity index (χ4n) is 5.43. The third-order valence-electron chi connectivity index (χ3n) is 8.56. The van der Waals surface area contributed by atoms with Crippen LogP contribution < -0.4 is 5.73 Å². The molecule has 0 spiro atoms. The first kappa shape index (κ1) is 52.5. The van der Waals surface area contributed by atoms with E-state index in [9.17, 15) is 19.0 Å². The smallest absolute Gasteiger partial charge is 0.462 e. The van der Waals surface area contributed by atoms with Crippen LogP contribution in [-0.2, 0) is 32.7 Å². The molecule has 0 aliphatic heterocycles. The highest BCUT2D eigenvalue weighted by Gasteiger charge is 2.26. The zero-order valence-corrected chi connectivity index (χ0v) is 35.5. The zero-order valence-electron chi connectivity index (χ0n) is 34.6. The summed E-state index contributed by atoms with van der Waals surface area (Å²) in [5.41, 5.74) is 5.34. The van der Waals surface area contributed by atoms with E-state index in [0.29, 0.717) is 12.8 Å². The minimum Gasteiger partial charge on any atom is -0.462 e. The number of carbonyl (C=O) groups is 2. The van der Waals surface area contributed by atoms with Crippen LogP contribution in [0.25, 0.3) is 0 Å². The summed E-state index contributed by atoms with van der Waals surface area (Å²) >= 11 is 0. The van der Waals surface area contributed by atoms with E-state index in [0.717, 1.165) is 96.3 Å². The summed E-state index contributed by atoms with van der Waals surface area (Å²) in [5.74, 6) is -0.861. The Kier molecular flexibility index (Phi) is 39.2. The van der Waals surface area contributed by atoms with Gasteiger partial charge in [-0.1, -0.05) is 151 Å². The number of unbranched alkanes of at least 4 members (excludes halogenated alkanes) is 14. The van der Waals surface area contributed by atoms with E-state index < -0.39 is 32.5 Å². The third-order valence-corrected chi connectivity index (χ3v) is 9.54. The maximum atomic E-state index is 12.6. The lowest BCUT2D eigenvalue weighted by molar-refractivity contribution is -0.161. The Hall–Kier alpha value is -2.55. The van der Waals surface area contributed by atoms with Crippen LogP contribution in [0.1, 0.15) is 168 Å². The van der Waals surface area contributed by atoms with Crippen molar-refractivity contribution in [2.24, 2.45) is 5.73 Å². The molecule has 0 saturated heterocycles. The Morgan fingerprint density at radius 2 is 1.00 bits per heavy atom. The Bertz CT molecular complexity index is 1130. The molecule has 2 unspecified atom stereocenters. The van der Waals surface area contributed by atoms with Gasteiger partial charge < -0.3 is 20.1 Å². The van der Waals surface area contributed by atoms with Crippen molar-refractivity contribution in [1.82, 2.24) is 0 Å². The van der Waals surface area contributed by atoms with E-state index >= 15 is 0 Å². The summed E-state index contributed by atoms with van der Waals surface area (Å²) in [6.07, 6.45) is 49.3. The lowest BCUT2D eigenvalue weighted by Crippen LogP contribution is -2.29. The summed E-state index contributed by atoms with van der Waals surface area (Å²) < 4.78 is 32.7. The highest BCUT2D eigenvalue weighted by molar-refractivity contribution is 7.47. The number of phosphoric ester groups is 1. The second-order valence-electron chi connectivity index (χ2n) is 13.8. The van der Waals surface area contributed by atoms with Gasteiger partial charge >= 0.3 is 19.8 Å². The number of carbonyl (C=O) groups excluding carboxylic acids is 2. The van der Waals surface area contributed by atoms with E-state index in [1.165, 1.54) is 32.1 Å². The molecule has 0 aliphatic carbocycles. The van der Waals surface area contributed by atoms with E-state index in [-0.39, 0.29) is 32.6 Å². The second-order valence-corrected chi connectivity index (χ2v) is 15.3. The molecule has 2 atom stereocenters. The summed E-state index contributed by atoms with van der Waals surface area (Å²) in [5, 5.41) is 0. The van der Waals surface area contributed by atoms with Crippen LogP contribution in [0, 0.1) is 0 Å². The van der Waals surface area contributed by atoms with E-state index in [2.05, 4.69) is 86.8 Å². The quantitative estimate of drug-likeness (QED) is 0.0270. The van der Waals surface area contributed by atoms with E-state index in [1.807, 2.05) is 0 Å². The lowest BCUT2D eigenvalue weighted by atomic mass is 10.1. The van der Waals surface area contributed by atoms with E-state index in [1.54, 1.807) is 0 Å². The maximum absolute atomic E-state index is 12.6. The van der Waals surface area contributed by atoms with Gasteiger partial charge in [0.15, 0.2) is 6.10 Å². The average Bonchev–Trinajstić information content (AvgIpc) is 3.17. The minimum atomic E-state index is -4.38. The molecule has 0 aromatic carbocycles. The molecular formula is C45H78NO8P. The van der Waals surface area contributed by atoms with Crippen LogP contribution in [0.3, 0.4) is 0 Å². The lowest BCUT2D eigenvalue weighted by Gasteiger charge is -2.19. The molecule has 0 aromatic rings. The van der Waals surface area contributed by atoms with Crippen LogP contribution in [-0.4, -0.2) is 49.3 Å². The number of hydrogen-bond donors (Lipinski definition) is 2. The fourth-order valence-corrected chi connectivity index (χ4v) is 6.19. The van der Waals surface area contributed by atoms with Crippen LogP contribution in [0.2, 0.25) is 0 Å². The van der Waals surface area contributed by atoms with Crippen molar-refractivity contribution < 1.29 is 37.6 Å². The van der Waals surface area contributed by atoms with Crippen LogP contribution in [0.4, 0.5) is 0 Å². The predicted octanol–water partition coefficient (Wildman–Crippen LogP) is 12.3. The van der Waals surface area contributed by atoms with Crippen molar-refractivity contribution in [3.05, 3.63) is 72.9 Å². The number of phosphoric acid groups is 1. The van der Waals surface area contributed by atoms with Crippen molar-refractivity contribution >= 4 is 19.8 Å². The molecule has 0 bridgehead atoms. The summed E-state index contributed by atoms with van der Waals surface area (Å²) in [7, 11) is -4.38. The Balaban J connectivity index is 4.18. The third kappa shape index (κ3) is 40.9. The molecule has 316 valence electrons. The van der Waals surface area contributed by atoms with Gasteiger partial charge in [0.1, 0.15) is 6.61 Å². The average molecular weight is 792 g/mol. The monoisotopic (exact) mass is 792 g/mol. The number of allylic oxidation sites excluding steroid dienone is 12. The van der Waals surface area contributed by atoms with Crippen molar-refractivity contribution in [2.45, 2.75) is 174 Å². The van der Waals surface area contributed by atoms with Gasteiger partial charge in [0.25, 0.3) is 0 Å². The van der Waals surface area contributed by atoms with E-state index in [4.69, 9.17) is 24.3 Å². The van der Waals surface area contributed by atoms with Crippen molar-refractivity contribution in [1.29, 1.82) is 0 Å². The highest BCUT2D eigenvalue weighted by atomic mass is 31.2. The number of nitrogens with two attached hydrogens (primary N) is 1. The molecule has 0 aromatic heterocycles. The standard InChI is InChI=1S/C45H78NO8P/c1-3-5-7-9-11-13-15-17-18-19-20-21-22-23-24-26-28-30-32-34-36-38-45(48)54-43(42-53-55(49,50)52-40-39-46)41-51-44(47)37-35-33-31-29-27-25-16-14-12-10-8-6-4-2/h5,7-8,10-11,13-14,16-18,20-21,43H,3-4,6,9,12,15,19,22-42,46H2,1-2H3,(H,49,50)/b7-5-,10-8-,13-11-,16-14-,18-17-,21-20-. The first-order valence-corrected chi connectivity index (χ1v) is 22.9. The van der Waals surface area contributed by atoms with Gasteiger partial charge in [-0.25, -0.2) is 4.57 Å². The van der Waals surface area contributed by atoms with Gasteiger partial charge in [0, 0.05) is 19.4 Å². The SMILES string of the molecule is CC/C=C\C/C=C\C/C=C\C/C=C\CCCCCCCCCCC(=O)OC(COC(=O)CCCCCCC/C=C\C/C=C\CCC)COP(=O)(O)OCCN. The first-order valence-electron chi connectivity index (χ1n) is 21.4. The highest BCUT2D eigenvalue weighted by Crippen LogP contribution is 2.43. The van der Waals surface area contributed by atoms with Gasteiger partial charge in [0.2, 0.25) is 0 Å². The van der Waals surface area contributed by atoms with Gasteiger partial charge in [-0.2, -0.15) is 0 Å². The molecule has 0 radical (unpaired) electrons. The molecule has 10 heteroatoms. The van der Waals surface area contributed by atoms with Gasteiger partial charge in [-0.05, 0) is 77.0 Å². The summed E-state index contributed by atoms with van der Waals surface area (Å²) in [6.45, 7) is 3.51. The molecule has 0 saturated carbocycles. The van der Waals surface area contributed by atoms with Crippen LogP contribution in [0.5, 0.6) is 0 Å². The summed E-state index contributed by atoms with van der Waals surface area (Å²) in [6, 6.07) is 0. The number of esters is 2. The van der Waals surface area contributed by atoms with Crippen LogP contribution in [0.15, 0.2) is 72.9 Å². The number of hydrogen-bond acceptors (Lipinski definition) is 8. The number of ether oxygens (including phenoxy) is 2. The topological polar surface area (TPSA) is 134 Å². The molecule has 0 rings (SSSR count). The molecule has 0 fully saturated rings. The van der Waals surface area contributed by atoms with Crippen molar-refractivity contribution in [3.63, 3.8) is 0 Å². The first-order chi connectivity index (χ1) is 26.8. The molecule has 9 nitrogen and oxygen atoms in total. The van der Waals surface area contributed by atoms with Crippen molar-refractivity contribution in [2.75, 3.05) is 26.4 Å². The second kappa shape index (κ2) is 41.1. The largest absolute Gasteiger partial charge is 0.472 e. The molecular weight excluding hydrogens is 713 g/mol. The predicted molar refractivity (Wildman–Crippen MR) is 229 cm³/mol. The Labute approximate surface area is 335 Å². The Morgan fingerprint density at radius 1 is 0.564 bits per heavy atom. The molecule has 55 heavy (non-hydrogen) atoms. The molecule has 0 heterocycles. The molecule has 3 N–H and O–H groups in total. The normalized spacial score (nSPS) is 14.0. The van der Waals surface area contributed by atoms with Crippen molar-refractivity contribution in [3.8, 4) is 0 Å². The zero-order chi connectivity index (χ0) is 40.3. The minimum absolute atomic E-state index is 0.0463.